The number of thiophene rings is 1. The predicted molar refractivity (Wildman–Crippen MR) is 75.1 cm³/mol. The molecule has 1 fully saturated rings. The third kappa shape index (κ3) is 2.39. The number of morpholine rings is 1. The second kappa shape index (κ2) is 5.22. The summed E-state index contributed by atoms with van der Waals surface area (Å²) in [4.78, 5) is 24.9. The molecular weight excluding hydrogens is 278 g/mol. The van der Waals surface area contributed by atoms with Gasteiger partial charge in [0.05, 0.1) is 13.2 Å². The summed E-state index contributed by atoms with van der Waals surface area (Å²) in [5.74, 6) is -1.18. The minimum absolute atomic E-state index is 0.0931. The minimum Gasteiger partial charge on any atom is -0.479 e. The molecule has 0 bridgehead atoms. The Morgan fingerprint density at radius 1 is 1.35 bits per heavy atom. The van der Waals surface area contributed by atoms with Crippen molar-refractivity contribution in [2.45, 2.75) is 6.10 Å². The molecule has 1 N–H and O–H groups in total. The molecular formula is C14H13NO4S. The number of aliphatic carboxylic acids is 1. The van der Waals surface area contributed by atoms with Crippen LogP contribution in [0.3, 0.4) is 0 Å². The fourth-order valence-electron chi connectivity index (χ4n) is 2.27. The average molecular weight is 291 g/mol. The molecule has 0 unspecified atom stereocenters. The SMILES string of the molecule is O=C(O)[C@@H]1CN(C(=O)c2ccc3sccc3c2)CCO1. The monoisotopic (exact) mass is 291 g/mol. The van der Waals surface area contributed by atoms with Crippen molar-refractivity contribution in [2.24, 2.45) is 0 Å². The summed E-state index contributed by atoms with van der Waals surface area (Å²) in [6, 6.07) is 7.52. The highest BCUT2D eigenvalue weighted by molar-refractivity contribution is 7.17. The van der Waals surface area contributed by atoms with Gasteiger partial charge in [0, 0.05) is 16.8 Å². The summed E-state index contributed by atoms with van der Waals surface area (Å²) >= 11 is 1.63. The molecule has 5 nitrogen and oxygen atoms in total. The molecule has 3 rings (SSSR count). The highest BCUT2D eigenvalue weighted by Gasteiger charge is 2.29. The molecule has 20 heavy (non-hydrogen) atoms. The Morgan fingerprint density at radius 2 is 2.20 bits per heavy atom. The van der Waals surface area contributed by atoms with Crippen LogP contribution in [0.1, 0.15) is 10.4 Å². The van der Waals surface area contributed by atoms with E-state index in [1.807, 2.05) is 23.6 Å². The first-order valence-electron chi connectivity index (χ1n) is 6.26. The molecule has 0 spiro atoms. The van der Waals surface area contributed by atoms with Gasteiger partial charge in [-0.1, -0.05) is 0 Å². The summed E-state index contributed by atoms with van der Waals surface area (Å²) in [6.45, 7) is 0.767. The van der Waals surface area contributed by atoms with Crippen LogP contribution in [-0.2, 0) is 9.53 Å². The number of hydrogen-bond acceptors (Lipinski definition) is 4. The van der Waals surface area contributed by atoms with E-state index in [9.17, 15) is 9.59 Å². The largest absolute Gasteiger partial charge is 0.479 e. The van der Waals surface area contributed by atoms with Gasteiger partial charge in [0.15, 0.2) is 6.10 Å². The summed E-state index contributed by atoms with van der Waals surface area (Å²) in [5.41, 5.74) is 0.585. The van der Waals surface area contributed by atoms with Crippen molar-refractivity contribution in [3.05, 3.63) is 35.2 Å². The van der Waals surface area contributed by atoms with Crippen molar-refractivity contribution >= 4 is 33.3 Å². The van der Waals surface area contributed by atoms with E-state index < -0.39 is 12.1 Å². The number of carboxylic acids is 1. The van der Waals surface area contributed by atoms with E-state index in [-0.39, 0.29) is 19.1 Å². The Kier molecular flexibility index (Phi) is 3.42. The lowest BCUT2D eigenvalue weighted by molar-refractivity contribution is -0.154. The van der Waals surface area contributed by atoms with E-state index in [4.69, 9.17) is 9.84 Å². The Labute approximate surface area is 119 Å². The quantitative estimate of drug-likeness (QED) is 0.916. The predicted octanol–water partition coefficient (Wildman–Crippen LogP) is 1.83. The lowest BCUT2D eigenvalue weighted by Crippen LogP contribution is -2.48. The number of benzene rings is 1. The number of carbonyl (C=O) groups is 2. The maximum absolute atomic E-state index is 12.4. The molecule has 1 aromatic heterocycles. The Hall–Kier alpha value is -1.92. The molecule has 0 radical (unpaired) electrons. The fourth-order valence-corrected chi connectivity index (χ4v) is 3.04. The number of rotatable bonds is 2. The summed E-state index contributed by atoms with van der Waals surface area (Å²) in [5, 5.41) is 12.0. The maximum Gasteiger partial charge on any atom is 0.334 e. The van der Waals surface area contributed by atoms with Crippen molar-refractivity contribution < 1.29 is 19.4 Å². The van der Waals surface area contributed by atoms with Gasteiger partial charge < -0.3 is 14.7 Å². The van der Waals surface area contributed by atoms with Crippen LogP contribution < -0.4 is 0 Å². The Balaban J connectivity index is 1.82. The topological polar surface area (TPSA) is 66.8 Å². The zero-order chi connectivity index (χ0) is 14.1. The number of ether oxygens (including phenoxy) is 1. The molecule has 0 aliphatic carbocycles. The van der Waals surface area contributed by atoms with Gasteiger partial charge >= 0.3 is 5.97 Å². The van der Waals surface area contributed by atoms with Crippen molar-refractivity contribution in [1.82, 2.24) is 4.90 Å². The van der Waals surface area contributed by atoms with E-state index in [0.29, 0.717) is 12.1 Å². The Morgan fingerprint density at radius 3 is 3.00 bits per heavy atom. The Bertz CT molecular complexity index is 666. The van der Waals surface area contributed by atoms with Crippen LogP contribution in [0.15, 0.2) is 29.6 Å². The van der Waals surface area contributed by atoms with Gasteiger partial charge in [0.25, 0.3) is 5.91 Å². The molecule has 1 aromatic carbocycles. The zero-order valence-corrected chi connectivity index (χ0v) is 11.4. The smallest absolute Gasteiger partial charge is 0.334 e. The third-order valence-electron chi connectivity index (χ3n) is 3.33. The molecule has 2 heterocycles. The van der Waals surface area contributed by atoms with Crippen molar-refractivity contribution in [1.29, 1.82) is 0 Å². The van der Waals surface area contributed by atoms with Gasteiger partial charge in [0.2, 0.25) is 0 Å². The molecule has 1 aliphatic rings. The van der Waals surface area contributed by atoms with E-state index in [2.05, 4.69) is 0 Å². The van der Waals surface area contributed by atoms with Crippen LogP contribution in [0.5, 0.6) is 0 Å². The van der Waals surface area contributed by atoms with Crippen molar-refractivity contribution in [3.63, 3.8) is 0 Å². The van der Waals surface area contributed by atoms with Gasteiger partial charge in [0.1, 0.15) is 0 Å². The normalized spacial score (nSPS) is 19.2. The molecule has 1 aliphatic heterocycles. The van der Waals surface area contributed by atoms with Crippen molar-refractivity contribution in [3.8, 4) is 0 Å². The van der Waals surface area contributed by atoms with Gasteiger partial charge in [-0.05, 0) is 35.0 Å². The summed E-state index contributed by atoms with van der Waals surface area (Å²) in [7, 11) is 0. The van der Waals surface area contributed by atoms with E-state index in [0.717, 1.165) is 10.1 Å². The van der Waals surface area contributed by atoms with Crippen molar-refractivity contribution in [2.75, 3.05) is 19.7 Å². The summed E-state index contributed by atoms with van der Waals surface area (Å²) in [6.07, 6.45) is -0.933. The number of carboxylic acid groups (broad SMARTS) is 1. The van der Waals surface area contributed by atoms with E-state index in [1.54, 1.807) is 17.4 Å². The first-order valence-corrected chi connectivity index (χ1v) is 7.14. The molecule has 1 amide bonds. The number of hydrogen-bond donors (Lipinski definition) is 1. The highest BCUT2D eigenvalue weighted by Crippen LogP contribution is 2.22. The van der Waals surface area contributed by atoms with Gasteiger partial charge in [-0.25, -0.2) is 4.79 Å². The van der Waals surface area contributed by atoms with Gasteiger partial charge in [-0.2, -0.15) is 0 Å². The molecule has 1 saturated heterocycles. The van der Waals surface area contributed by atoms with Crippen LogP contribution in [0.4, 0.5) is 0 Å². The second-order valence-corrected chi connectivity index (χ2v) is 5.57. The average Bonchev–Trinajstić information content (AvgIpc) is 2.94. The number of carbonyl (C=O) groups excluding carboxylic acids is 1. The molecule has 1 atom stereocenters. The second-order valence-electron chi connectivity index (χ2n) is 4.62. The highest BCUT2D eigenvalue weighted by atomic mass is 32.1. The van der Waals surface area contributed by atoms with Gasteiger partial charge in [-0.15, -0.1) is 11.3 Å². The zero-order valence-electron chi connectivity index (χ0n) is 10.6. The van der Waals surface area contributed by atoms with Crippen LogP contribution in [0, 0.1) is 0 Å². The van der Waals surface area contributed by atoms with Gasteiger partial charge in [-0.3, -0.25) is 4.79 Å². The minimum atomic E-state index is -1.03. The van der Waals surface area contributed by atoms with E-state index in [1.165, 1.54) is 4.90 Å². The summed E-state index contributed by atoms with van der Waals surface area (Å²) < 4.78 is 6.25. The van der Waals surface area contributed by atoms with Crippen LogP contribution in [0.25, 0.3) is 10.1 Å². The lowest BCUT2D eigenvalue weighted by Gasteiger charge is -2.30. The van der Waals surface area contributed by atoms with Crippen LogP contribution >= 0.6 is 11.3 Å². The number of nitrogens with zero attached hydrogens (tertiary/aromatic N) is 1. The standard InChI is InChI=1S/C14H13NO4S/c16-13(15-4-5-19-11(8-15)14(17)18)10-1-2-12-9(7-10)3-6-20-12/h1-3,6-7,11H,4-5,8H2,(H,17,18)/t11-/m0/s1. The van der Waals surface area contributed by atoms with Crippen LogP contribution in [-0.4, -0.2) is 47.7 Å². The molecule has 6 heteroatoms. The van der Waals surface area contributed by atoms with E-state index >= 15 is 0 Å². The molecule has 104 valence electrons. The first-order chi connectivity index (χ1) is 9.65. The molecule has 2 aromatic rings. The first kappa shape index (κ1) is 13.1. The van der Waals surface area contributed by atoms with Crippen LogP contribution in [0.2, 0.25) is 0 Å². The maximum atomic E-state index is 12.4. The third-order valence-corrected chi connectivity index (χ3v) is 4.23. The molecule has 0 saturated carbocycles. The lowest BCUT2D eigenvalue weighted by atomic mass is 10.1. The number of fused-ring (bicyclic) bond motifs is 1. The number of amides is 1. The fraction of sp³-hybridized carbons (Fsp3) is 0.286.